The van der Waals surface area contributed by atoms with E-state index in [0.717, 1.165) is 12.1 Å². The molecule has 1 fully saturated rings. The molecule has 1 aliphatic rings. The molecule has 0 spiro atoms. The molecule has 0 saturated carbocycles. The Morgan fingerprint density at radius 1 is 1.04 bits per heavy atom. The van der Waals surface area contributed by atoms with Crippen LogP contribution in [-0.2, 0) is 4.79 Å². The number of likely N-dealkylation sites (N-methyl/N-ethyl adjacent to an activating group) is 1. The Morgan fingerprint density at radius 3 is 2.31 bits per heavy atom. The van der Waals surface area contributed by atoms with Crippen LogP contribution in [-0.4, -0.2) is 48.3 Å². The fraction of sp³-hybridized carbons (Fsp3) is 0.300. The van der Waals surface area contributed by atoms with E-state index in [9.17, 15) is 14.0 Å². The number of benzene rings is 2. The maximum Gasteiger partial charge on any atom is 0.253 e. The van der Waals surface area contributed by atoms with E-state index in [-0.39, 0.29) is 23.7 Å². The highest BCUT2D eigenvalue weighted by molar-refractivity contribution is 5.95. The lowest BCUT2D eigenvalue weighted by Crippen LogP contribution is -2.49. The molecule has 0 aromatic heterocycles. The van der Waals surface area contributed by atoms with Crippen LogP contribution in [0, 0.1) is 5.82 Å². The molecule has 1 N–H and O–H groups in total. The zero-order valence-corrected chi connectivity index (χ0v) is 14.9. The highest BCUT2D eigenvalue weighted by Crippen LogP contribution is 2.25. The molecule has 0 bridgehead atoms. The van der Waals surface area contributed by atoms with E-state index in [1.807, 2.05) is 11.9 Å². The van der Waals surface area contributed by atoms with Gasteiger partial charge in [0.15, 0.2) is 0 Å². The van der Waals surface area contributed by atoms with Gasteiger partial charge in [0.25, 0.3) is 5.91 Å². The summed E-state index contributed by atoms with van der Waals surface area (Å²) in [7, 11) is 2.01. The zero-order valence-electron chi connectivity index (χ0n) is 14.9. The summed E-state index contributed by atoms with van der Waals surface area (Å²) < 4.78 is 13.2. The number of nitrogens with zero attached hydrogens (tertiary/aromatic N) is 2. The van der Waals surface area contributed by atoms with Crippen LogP contribution in [0.2, 0.25) is 0 Å². The molecule has 1 atom stereocenters. The first-order valence-electron chi connectivity index (χ1n) is 8.56. The Morgan fingerprint density at radius 2 is 1.69 bits per heavy atom. The quantitative estimate of drug-likeness (QED) is 0.921. The van der Waals surface area contributed by atoms with E-state index in [1.165, 1.54) is 19.1 Å². The number of rotatable bonds is 3. The normalized spacial score (nSPS) is 17.8. The number of nitrogens with one attached hydrogen (secondary N) is 1. The molecular weight excluding hydrogens is 333 g/mol. The topological polar surface area (TPSA) is 52.7 Å². The molecule has 5 nitrogen and oxygen atoms in total. The van der Waals surface area contributed by atoms with Crippen molar-refractivity contribution in [3.8, 4) is 0 Å². The number of piperazine rings is 1. The Bertz CT molecular complexity index is 790. The molecule has 1 heterocycles. The molecule has 0 aliphatic carbocycles. The van der Waals surface area contributed by atoms with Crippen LogP contribution < -0.4 is 5.32 Å². The first kappa shape index (κ1) is 18.1. The van der Waals surface area contributed by atoms with Gasteiger partial charge < -0.3 is 10.2 Å². The van der Waals surface area contributed by atoms with Gasteiger partial charge in [0.1, 0.15) is 5.82 Å². The predicted molar refractivity (Wildman–Crippen MR) is 98.4 cm³/mol. The fourth-order valence-corrected chi connectivity index (χ4v) is 3.18. The second-order valence-electron chi connectivity index (χ2n) is 6.56. The molecular formula is C20H22FN3O2. The van der Waals surface area contributed by atoms with E-state index in [2.05, 4.69) is 10.2 Å². The average Bonchev–Trinajstić information content (AvgIpc) is 2.62. The Labute approximate surface area is 152 Å². The molecule has 26 heavy (non-hydrogen) atoms. The molecule has 1 aliphatic heterocycles. The number of carbonyl (C=O) groups excluding carboxylic acids is 2. The van der Waals surface area contributed by atoms with Crippen molar-refractivity contribution in [3.05, 3.63) is 65.5 Å². The van der Waals surface area contributed by atoms with Crippen molar-refractivity contribution < 1.29 is 14.0 Å². The summed E-state index contributed by atoms with van der Waals surface area (Å²) in [5.41, 5.74) is 2.24. The highest BCUT2D eigenvalue weighted by Gasteiger charge is 2.29. The van der Waals surface area contributed by atoms with Gasteiger partial charge in [-0.1, -0.05) is 12.1 Å². The van der Waals surface area contributed by atoms with Crippen molar-refractivity contribution in [2.75, 3.05) is 32.0 Å². The van der Waals surface area contributed by atoms with Crippen LogP contribution >= 0.6 is 0 Å². The minimum absolute atomic E-state index is 0.0342. The second kappa shape index (κ2) is 7.66. The first-order valence-corrected chi connectivity index (χ1v) is 8.56. The summed E-state index contributed by atoms with van der Waals surface area (Å²) in [5, 5.41) is 2.69. The second-order valence-corrected chi connectivity index (χ2v) is 6.56. The third-order valence-electron chi connectivity index (χ3n) is 4.64. The standard InChI is InChI=1S/C20H22FN3O2/c1-14(25)22-18-9-5-16(6-10-18)20(26)24-12-11-23(2)19(13-24)15-3-7-17(21)8-4-15/h3-10,19H,11-13H2,1-2H3,(H,22,25). The van der Waals surface area contributed by atoms with Crippen LogP contribution in [0.1, 0.15) is 28.9 Å². The molecule has 3 rings (SSSR count). The lowest BCUT2D eigenvalue weighted by Gasteiger charge is -2.39. The maximum absolute atomic E-state index is 13.2. The third kappa shape index (κ3) is 4.08. The number of carbonyl (C=O) groups is 2. The van der Waals surface area contributed by atoms with Crippen molar-refractivity contribution in [1.29, 1.82) is 0 Å². The minimum Gasteiger partial charge on any atom is -0.335 e. The van der Waals surface area contributed by atoms with E-state index in [1.54, 1.807) is 36.4 Å². The Balaban J connectivity index is 1.73. The lowest BCUT2D eigenvalue weighted by molar-refractivity contribution is -0.114. The van der Waals surface area contributed by atoms with E-state index in [0.29, 0.717) is 24.3 Å². The molecule has 6 heteroatoms. The SMILES string of the molecule is CC(=O)Nc1ccc(C(=O)N2CCN(C)C(c3ccc(F)cc3)C2)cc1. The van der Waals surface area contributed by atoms with Gasteiger partial charge in [0.05, 0.1) is 6.04 Å². The monoisotopic (exact) mass is 355 g/mol. The molecule has 2 aromatic carbocycles. The van der Waals surface area contributed by atoms with Gasteiger partial charge in [-0.25, -0.2) is 4.39 Å². The average molecular weight is 355 g/mol. The summed E-state index contributed by atoms with van der Waals surface area (Å²) in [6.07, 6.45) is 0. The smallest absolute Gasteiger partial charge is 0.253 e. The van der Waals surface area contributed by atoms with Crippen LogP contribution in [0.5, 0.6) is 0 Å². The third-order valence-corrected chi connectivity index (χ3v) is 4.64. The molecule has 1 unspecified atom stereocenters. The summed E-state index contributed by atoms with van der Waals surface area (Å²) in [5.74, 6) is -0.454. The highest BCUT2D eigenvalue weighted by atomic mass is 19.1. The van der Waals surface area contributed by atoms with Crippen LogP contribution in [0.25, 0.3) is 0 Å². The predicted octanol–water partition coefficient (Wildman–Crippen LogP) is 2.91. The largest absolute Gasteiger partial charge is 0.335 e. The first-order chi connectivity index (χ1) is 12.4. The van der Waals surface area contributed by atoms with Gasteiger partial charge in [0, 0.05) is 37.8 Å². The molecule has 136 valence electrons. The van der Waals surface area contributed by atoms with Crippen LogP contribution in [0.15, 0.2) is 48.5 Å². The van der Waals surface area contributed by atoms with Crippen molar-refractivity contribution in [2.45, 2.75) is 13.0 Å². The summed E-state index contributed by atoms with van der Waals surface area (Å²) in [6, 6.07) is 13.4. The minimum atomic E-state index is -0.264. The van der Waals surface area contributed by atoms with E-state index >= 15 is 0 Å². The summed E-state index contributed by atoms with van der Waals surface area (Å²) in [4.78, 5) is 27.9. The van der Waals surface area contributed by atoms with Crippen molar-refractivity contribution in [2.24, 2.45) is 0 Å². The molecule has 2 amide bonds. The number of hydrogen-bond acceptors (Lipinski definition) is 3. The van der Waals surface area contributed by atoms with Gasteiger partial charge in [-0.15, -0.1) is 0 Å². The zero-order chi connectivity index (χ0) is 18.7. The van der Waals surface area contributed by atoms with E-state index in [4.69, 9.17) is 0 Å². The summed E-state index contributed by atoms with van der Waals surface area (Å²) >= 11 is 0. The van der Waals surface area contributed by atoms with Crippen molar-refractivity contribution in [3.63, 3.8) is 0 Å². The van der Waals surface area contributed by atoms with Gasteiger partial charge in [-0.3, -0.25) is 14.5 Å². The fourth-order valence-electron chi connectivity index (χ4n) is 3.18. The summed E-state index contributed by atoms with van der Waals surface area (Å²) in [6.45, 7) is 3.38. The van der Waals surface area contributed by atoms with Gasteiger partial charge >= 0.3 is 0 Å². The van der Waals surface area contributed by atoms with Gasteiger partial charge in [0.2, 0.25) is 5.91 Å². The van der Waals surface area contributed by atoms with Gasteiger partial charge in [-0.2, -0.15) is 0 Å². The Kier molecular flexibility index (Phi) is 5.32. The number of hydrogen-bond donors (Lipinski definition) is 1. The van der Waals surface area contributed by atoms with Crippen LogP contribution in [0.3, 0.4) is 0 Å². The number of halogens is 1. The van der Waals surface area contributed by atoms with Crippen molar-refractivity contribution in [1.82, 2.24) is 9.80 Å². The van der Waals surface area contributed by atoms with Crippen LogP contribution in [0.4, 0.5) is 10.1 Å². The van der Waals surface area contributed by atoms with Crippen molar-refractivity contribution >= 4 is 17.5 Å². The Hall–Kier alpha value is -2.73. The molecule has 1 saturated heterocycles. The molecule has 2 aromatic rings. The van der Waals surface area contributed by atoms with Gasteiger partial charge in [-0.05, 0) is 49.0 Å². The number of amides is 2. The molecule has 0 radical (unpaired) electrons. The lowest BCUT2D eigenvalue weighted by atomic mass is 10.0. The maximum atomic E-state index is 13.2. The van der Waals surface area contributed by atoms with E-state index < -0.39 is 0 Å². The number of anilines is 1.